The highest BCUT2D eigenvalue weighted by atomic mass is 32.2. The smallest absolute Gasteiger partial charge is 0.332 e. The first kappa shape index (κ1) is 25.7. The summed E-state index contributed by atoms with van der Waals surface area (Å²) in [6, 6.07) is 6.03. The molecule has 186 valence electrons. The fourth-order valence-electron chi connectivity index (χ4n) is 3.67. The fourth-order valence-corrected chi connectivity index (χ4v) is 4.57. The Morgan fingerprint density at radius 2 is 1.59 bits per heavy atom. The number of hydrogen-bond donors (Lipinski definition) is 0. The van der Waals surface area contributed by atoms with E-state index in [0.29, 0.717) is 35.9 Å². The van der Waals surface area contributed by atoms with Crippen molar-refractivity contribution in [3.63, 3.8) is 0 Å². The number of aromatic nitrogens is 4. The summed E-state index contributed by atoms with van der Waals surface area (Å²) in [5.41, 5.74) is -0.00222. The third-order valence-electron chi connectivity index (χ3n) is 5.28. The maximum absolute atomic E-state index is 13.3. The molecule has 0 aliphatic rings. The highest BCUT2D eigenvalue weighted by Gasteiger charge is 2.20. The highest BCUT2D eigenvalue weighted by molar-refractivity contribution is 7.89. The molecule has 0 bridgehead atoms. The van der Waals surface area contributed by atoms with Crippen LogP contribution in [0.15, 0.2) is 45.1 Å². The number of nitrogens with zero attached hydrogens (tertiary/aromatic N) is 5. The minimum absolute atomic E-state index is 0.0519. The van der Waals surface area contributed by atoms with Crippen LogP contribution >= 0.6 is 0 Å². The van der Waals surface area contributed by atoms with Gasteiger partial charge in [-0.2, -0.15) is 0 Å². The zero-order chi connectivity index (χ0) is 25.2. The summed E-state index contributed by atoms with van der Waals surface area (Å²) in [4.78, 5) is 31.0. The van der Waals surface area contributed by atoms with Crippen molar-refractivity contribution in [1.29, 1.82) is 0 Å². The van der Waals surface area contributed by atoms with Gasteiger partial charge in [-0.25, -0.2) is 22.5 Å². The second-order valence-corrected chi connectivity index (χ2v) is 11.5. The molecule has 2 heterocycles. The largest absolute Gasteiger partial charge is 0.492 e. The molecule has 0 aliphatic heterocycles. The number of rotatable bonds is 10. The first-order valence-electron chi connectivity index (χ1n) is 11.3. The Bertz CT molecular complexity index is 1370. The van der Waals surface area contributed by atoms with Crippen LogP contribution in [0.1, 0.15) is 27.7 Å². The van der Waals surface area contributed by atoms with Crippen molar-refractivity contribution in [2.45, 2.75) is 52.2 Å². The molecule has 0 radical (unpaired) electrons. The molecular weight excluding hydrogens is 458 g/mol. The molecule has 0 N–H and O–H groups in total. The quantitative estimate of drug-likeness (QED) is 0.429. The Kier molecular flexibility index (Phi) is 7.67. The number of imidazole rings is 1. The zero-order valence-electron chi connectivity index (χ0n) is 20.6. The van der Waals surface area contributed by atoms with E-state index in [1.807, 2.05) is 13.8 Å². The third-order valence-corrected chi connectivity index (χ3v) is 7.11. The zero-order valence-corrected chi connectivity index (χ0v) is 21.4. The molecule has 0 unspecified atom stereocenters. The van der Waals surface area contributed by atoms with Gasteiger partial charge < -0.3 is 9.30 Å². The van der Waals surface area contributed by atoms with Gasteiger partial charge in [-0.1, -0.05) is 27.7 Å². The van der Waals surface area contributed by atoms with E-state index in [4.69, 9.17) is 4.74 Å². The molecule has 0 saturated carbocycles. The molecule has 1 aromatic carbocycles. The fraction of sp³-hybridized carbons (Fsp3) is 0.522. The number of fused-ring (bicyclic) bond motifs is 1. The number of ether oxygens (including phenoxy) is 1. The normalized spacial score (nSPS) is 12.4. The van der Waals surface area contributed by atoms with Crippen LogP contribution in [0.3, 0.4) is 0 Å². The van der Waals surface area contributed by atoms with Crippen molar-refractivity contribution >= 4 is 21.2 Å². The van der Waals surface area contributed by atoms with Crippen LogP contribution in [-0.4, -0.2) is 52.1 Å². The Balaban J connectivity index is 1.89. The number of benzene rings is 1. The van der Waals surface area contributed by atoms with E-state index in [0.717, 1.165) is 4.31 Å². The number of hydrogen-bond acceptors (Lipinski definition) is 6. The monoisotopic (exact) mass is 491 g/mol. The first-order chi connectivity index (χ1) is 15.9. The van der Waals surface area contributed by atoms with Crippen LogP contribution < -0.4 is 16.0 Å². The van der Waals surface area contributed by atoms with Crippen LogP contribution in [0.2, 0.25) is 0 Å². The maximum Gasteiger partial charge on any atom is 0.332 e. The van der Waals surface area contributed by atoms with Crippen LogP contribution in [0.5, 0.6) is 5.75 Å². The van der Waals surface area contributed by atoms with E-state index in [9.17, 15) is 18.0 Å². The summed E-state index contributed by atoms with van der Waals surface area (Å²) in [6.07, 6.45) is 1.62. The van der Waals surface area contributed by atoms with Crippen LogP contribution in [-0.2, 0) is 29.7 Å². The standard InChI is InChI=1S/C23H33N5O5S/c1-16(2)13-26-15-24-21-20(26)22(29)27(23(30)28(21)14-17(3)4)11-12-33-18-7-9-19(10-8-18)34(31,32)25(5)6/h7-10,15-17H,11-14H2,1-6H3. The van der Waals surface area contributed by atoms with Gasteiger partial charge in [0.15, 0.2) is 11.2 Å². The molecular formula is C23H33N5O5S. The van der Waals surface area contributed by atoms with Gasteiger partial charge in [0, 0.05) is 27.2 Å². The van der Waals surface area contributed by atoms with Gasteiger partial charge in [0.05, 0.1) is 17.8 Å². The summed E-state index contributed by atoms with van der Waals surface area (Å²) in [7, 11) is -0.600. The summed E-state index contributed by atoms with van der Waals surface area (Å²) in [5, 5.41) is 0. The first-order valence-corrected chi connectivity index (χ1v) is 12.7. The Labute approximate surface area is 199 Å². The lowest BCUT2D eigenvalue weighted by Crippen LogP contribution is -2.42. The van der Waals surface area contributed by atoms with Gasteiger partial charge >= 0.3 is 5.69 Å². The lowest BCUT2D eigenvalue weighted by Gasteiger charge is -2.15. The molecule has 11 heteroatoms. The molecule has 3 aromatic rings. The molecule has 2 aromatic heterocycles. The minimum Gasteiger partial charge on any atom is -0.492 e. The second kappa shape index (κ2) is 10.1. The van der Waals surface area contributed by atoms with E-state index in [2.05, 4.69) is 18.8 Å². The average molecular weight is 492 g/mol. The van der Waals surface area contributed by atoms with Crippen molar-refractivity contribution in [2.75, 3.05) is 20.7 Å². The van der Waals surface area contributed by atoms with E-state index in [1.54, 1.807) is 27.6 Å². The maximum atomic E-state index is 13.3. The highest BCUT2D eigenvalue weighted by Crippen LogP contribution is 2.18. The predicted octanol–water partition coefficient (Wildman–Crippen LogP) is 2.00. The molecule has 0 aliphatic carbocycles. The summed E-state index contributed by atoms with van der Waals surface area (Å²) in [5.74, 6) is 0.938. The molecule has 10 nitrogen and oxygen atoms in total. The van der Waals surface area contributed by atoms with Gasteiger partial charge in [0.1, 0.15) is 12.4 Å². The predicted molar refractivity (Wildman–Crippen MR) is 131 cm³/mol. The molecule has 0 atom stereocenters. The summed E-state index contributed by atoms with van der Waals surface area (Å²) >= 11 is 0. The van der Waals surface area contributed by atoms with E-state index < -0.39 is 21.3 Å². The molecule has 0 amide bonds. The summed E-state index contributed by atoms with van der Waals surface area (Å²) < 4.78 is 35.8. The second-order valence-electron chi connectivity index (χ2n) is 9.31. The summed E-state index contributed by atoms with van der Waals surface area (Å²) in [6.45, 7) is 9.29. The van der Waals surface area contributed by atoms with E-state index in [-0.39, 0.29) is 24.0 Å². The van der Waals surface area contributed by atoms with E-state index in [1.165, 1.54) is 30.8 Å². The van der Waals surface area contributed by atoms with Crippen molar-refractivity contribution in [1.82, 2.24) is 23.0 Å². The molecule has 3 rings (SSSR count). The van der Waals surface area contributed by atoms with Gasteiger partial charge in [-0.3, -0.25) is 13.9 Å². The average Bonchev–Trinajstić information content (AvgIpc) is 3.16. The van der Waals surface area contributed by atoms with Crippen molar-refractivity contribution in [3.8, 4) is 5.75 Å². The number of sulfonamides is 1. The minimum atomic E-state index is -3.53. The Hall–Kier alpha value is -2.92. The van der Waals surface area contributed by atoms with Gasteiger partial charge in [0.2, 0.25) is 10.0 Å². The topological polar surface area (TPSA) is 108 Å². The third kappa shape index (κ3) is 5.25. The molecule has 34 heavy (non-hydrogen) atoms. The van der Waals surface area contributed by atoms with Crippen molar-refractivity contribution in [2.24, 2.45) is 11.8 Å². The SMILES string of the molecule is CC(C)Cn1cnc2c1c(=O)n(CCOc1ccc(S(=O)(=O)N(C)C)cc1)c(=O)n2CC(C)C. The van der Waals surface area contributed by atoms with Crippen LogP contribution in [0.25, 0.3) is 11.2 Å². The molecule has 0 fully saturated rings. The Morgan fingerprint density at radius 3 is 2.15 bits per heavy atom. The Morgan fingerprint density at radius 1 is 0.971 bits per heavy atom. The van der Waals surface area contributed by atoms with Crippen molar-refractivity contribution < 1.29 is 13.2 Å². The van der Waals surface area contributed by atoms with Gasteiger partial charge in [-0.05, 0) is 36.1 Å². The molecule has 0 spiro atoms. The van der Waals surface area contributed by atoms with Crippen LogP contribution in [0, 0.1) is 11.8 Å². The van der Waals surface area contributed by atoms with E-state index >= 15 is 0 Å². The van der Waals surface area contributed by atoms with Gasteiger partial charge in [-0.15, -0.1) is 0 Å². The van der Waals surface area contributed by atoms with Crippen LogP contribution in [0.4, 0.5) is 0 Å². The lowest BCUT2D eigenvalue weighted by molar-refractivity contribution is 0.291. The van der Waals surface area contributed by atoms with Gasteiger partial charge in [0.25, 0.3) is 5.56 Å². The molecule has 0 saturated heterocycles. The lowest BCUT2D eigenvalue weighted by atomic mass is 10.2. The van der Waals surface area contributed by atoms with Crippen molar-refractivity contribution in [3.05, 3.63) is 51.4 Å².